The number of carbonyl (C=O) groups is 1. The van der Waals surface area contributed by atoms with Crippen molar-refractivity contribution in [3.8, 4) is 22.7 Å². The summed E-state index contributed by atoms with van der Waals surface area (Å²) in [5, 5.41) is 5.74. The lowest BCUT2D eigenvalue weighted by molar-refractivity contribution is -0.113. The second-order valence-corrected chi connectivity index (χ2v) is 12.6. The fraction of sp³-hybridized carbons (Fsp3) is 0.184. The molecule has 1 saturated heterocycles. The zero-order valence-corrected chi connectivity index (χ0v) is 26.6. The number of aryl methyl sites for hydroxylation is 1. The quantitative estimate of drug-likeness (QED) is 0.170. The van der Waals surface area contributed by atoms with E-state index in [2.05, 4.69) is 70.2 Å². The van der Waals surface area contributed by atoms with Gasteiger partial charge in [0.05, 0.1) is 16.3 Å². The van der Waals surface area contributed by atoms with Gasteiger partial charge in [0.2, 0.25) is 0 Å². The minimum absolute atomic E-state index is 0.204. The third-order valence-corrected chi connectivity index (χ3v) is 9.25. The van der Waals surface area contributed by atoms with Crippen molar-refractivity contribution in [2.75, 3.05) is 26.2 Å². The first kappa shape index (κ1) is 29.8. The molecule has 0 spiro atoms. The number of hydrogen-bond acceptors (Lipinski definition) is 6. The average Bonchev–Trinajstić information content (AvgIpc) is 3.69. The largest absolute Gasteiger partial charge is 0.489 e. The third kappa shape index (κ3) is 6.98. The Bertz CT molecular complexity index is 1860. The number of benzene rings is 4. The molecule has 0 N–H and O–H groups in total. The normalized spacial score (nSPS) is 16.2. The van der Waals surface area contributed by atoms with Crippen molar-refractivity contribution in [2.24, 2.45) is 4.99 Å². The summed E-state index contributed by atoms with van der Waals surface area (Å²) in [7, 11) is 0. The van der Waals surface area contributed by atoms with Crippen molar-refractivity contribution >= 4 is 28.9 Å². The van der Waals surface area contributed by atoms with Gasteiger partial charge in [0.15, 0.2) is 5.17 Å². The molecule has 1 aromatic heterocycles. The number of piperazine rings is 1. The van der Waals surface area contributed by atoms with E-state index < -0.39 is 0 Å². The van der Waals surface area contributed by atoms with E-state index in [1.807, 2.05) is 77.6 Å². The Morgan fingerprint density at radius 2 is 1.50 bits per heavy atom. The van der Waals surface area contributed by atoms with Crippen molar-refractivity contribution < 1.29 is 9.53 Å². The van der Waals surface area contributed by atoms with E-state index >= 15 is 0 Å². The second-order valence-electron chi connectivity index (χ2n) is 11.6. The predicted molar refractivity (Wildman–Crippen MR) is 186 cm³/mol. The van der Waals surface area contributed by atoms with Crippen molar-refractivity contribution in [3.63, 3.8) is 0 Å². The lowest BCUT2D eigenvalue weighted by Crippen LogP contribution is -2.47. The Labute approximate surface area is 273 Å². The molecular weight excluding hydrogens is 591 g/mol. The molecule has 0 saturated carbocycles. The number of hydrogen-bond donors (Lipinski definition) is 0. The van der Waals surface area contributed by atoms with Gasteiger partial charge in [-0.3, -0.25) is 9.69 Å². The van der Waals surface area contributed by atoms with Crippen LogP contribution in [-0.4, -0.2) is 56.8 Å². The monoisotopic (exact) mass is 625 g/mol. The molecule has 1 fully saturated rings. The molecule has 5 aromatic rings. The van der Waals surface area contributed by atoms with Gasteiger partial charge in [0.25, 0.3) is 5.91 Å². The maximum absolute atomic E-state index is 13.2. The highest BCUT2D eigenvalue weighted by Gasteiger charge is 2.29. The van der Waals surface area contributed by atoms with E-state index in [1.54, 1.807) is 0 Å². The molecular formula is C38H35N5O2S. The van der Waals surface area contributed by atoms with Crippen LogP contribution in [0.2, 0.25) is 0 Å². The highest BCUT2D eigenvalue weighted by atomic mass is 32.2. The van der Waals surface area contributed by atoms with Gasteiger partial charge in [-0.15, -0.1) is 0 Å². The first-order chi connectivity index (χ1) is 22.6. The second kappa shape index (κ2) is 13.6. The SMILES string of the molecule is Cc1ccc(COc2ccc(-c3nn(-c4ccccc4)cc3/C=C3\SC(N4CCN(Cc5ccccc5)CC4)=NC3=O)cc2)cc1. The van der Waals surface area contributed by atoms with E-state index in [4.69, 9.17) is 9.84 Å². The molecule has 46 heavy (non-hydrogen) atoms. The van der Waals surface area contributed by atoms with Gasteiger partial charge >= 0.3 is 0 Å². The molecule has 7 rings (SSSR count). The number of nitrogens with zero attached hydrogens (tertiary/aromatic N) is 5. The lowest BCUT2D eigenvalue weighted by Gasteiger charge is -2.35. The van der Waals surface area contributed by atoms with Gasteiger partial charge in [-0.2, -0.15) is 10.1 Å². The summed E-state index contributed by atoms with van der Waals surface area (Å²) in [6, 6.07) is 36.9. The predicted octanol–water partition coefficient (Wildman–Crippen LogP) is 7.21. The van der Waals surface area contributed by atoms with Crippen molar-refractivity contribution in [1.29, 1.82) is 0 Å². The van der Waals surface area contributed by atoms with E-state index in [9.17, 15) is 4.79 Å². The lowest BCUT2D eigenvalue weighted by atomic mass is 10.1. The Hall–Kier alpha value is -4.92. The number of ether oxygens (including phenoxy) is 1. The highest BCUT2D eigenvalue weighted by molar-refractivity contribution is 8.18. The van der Waals surface area contributed by atoms with Crippen LogP contribution in [-0.2, 0) is 17.9 Å². The Balaban J connectivity index is 1.07. The number of para-hydroxylation sites is 1. The molecule has 8 heteroatoms. The summed E-state index contributed by atoms with van der Waals surface area (Å²) in [4.78, 5) is 22.9. The Morgan fingerprint density at radius 1 is 0.804 bits per heavy atom. The number of carbonyl (C=O) groups excluding carboxylic acids is 1. The summed E-state index contributed by atoms with van der Waals surface area (Å²) in [6.45, 7) is 7.06. The fourth-order valence-electron chi connectivity index (χ4n) is 5.60. The number of amidine groups is 1. The maximum atomic E-state index is 13.2. The van der Waals surface area contributed by atoms with Crippen LogP contribution < -0.4 is 4.74 Å². The summed E-state index contributed by atoms with van der Waals surface area (Å²) in [6.07, 6.45) is 3.91. The number of amides is 1. The summed E-state index contributed by atoms with van der Waals surface area (Å²) < 4.78 is 7.91. The van der Waals surface area contributed by atoms with Gasteiger partial charge in [0, 0.05) is 50.0 Å². The molecule has 0 bridgehead atoms. The molecule has 0 atom stereocenters. The molecule has 4 aromatic carbocycles. The summed E-state index contributed by atoms with van der Waals surface area (Å²) >= 11 is 1.45. The van der Waals surface area contributed by atoms with Crippen molar-refractivity contribution in [2.45, 2.75) is 20.1 Å². The zero-order chi connectivity index (χ0) is 31.3. The van der Waals surface area contributed by atoms with Crippen molar-refractivity contribution in [3.05, 3.63) is 143 Å². The van der Waals surface area contributed by atoms with Gasteiger partial charge in [-0.25, -0.2) is 4.68 Å². The molecule has 1 amide bonds. The van der Waals surface area contributed by atoms with Gasteiger partial charge in [-0.05, 0) is 72.3 Å². The zero-order valence-electron chi connectivity index (χ0n) is 25.8. The summed E-state index contributed by atoms with van der Waals surface area (Å²) in [5.74, 6) is 0.583. The standard InChI is InChI=1S/C38H35N5O2S/c1-28-12-14-30(15-13-28)27-45-34-18-16-31(17-19-34)36-32(26-43(40-36)33-10-6-3-7-11-33)24-35-37(44)39-38(46-35)42-22-20-41(21-23-42)25-29-8-4-2-5-9-29/h2-19,24,26H,20-23,25,27H2,1H3/b35-24-. The Morgan fingerprint density at radius 3 is 2.22 bits per heavy atom. The van der Waals surface area contributed by atoms with Crippen LogP contribution in [0.25, 0.3) is 23.0 Å². The first-order valence-corrected chi connectivity index (χ1v) is 16.4. The van der Waals surface area contributed by atoms with E-state index in [0.29, 0.717) is 11.5 Å². The van der Waals surface area contributed by atoms with Gasteiger partial charge in [-0.1, -0.05) is 78.4 Å². The van der Waals surface area contributed by atoms with Crippen LogP contribution >= 0.6 is 11.8 Å². The average molecular weight is 626 g/mol. The minimum Gasteiger partial charge on any atom is -0.489 e. The smallest absolute Gasteiger partial charge is 0.286 e. The molecule has 0 aliphatic carbocycles. The molecule has 7 nitrogen and oxygen atoms in total. The molecule has 0 radical (unpaired) electrons. The van der Waals surface area contributed by atoms with E-state index in [0.717, 1.165) is 71.7 Å². The molecule has 230 valence electrons. The number of rotatable bonds is 8. The highest BCUT2D eigenvalue weighted by Crippen LogP contribution is 2.34. The van der Waals surface area contributed by atoms with Gasteiger partial charge < -0.3 is 9.64 Å². The summed E-state index contributed by atoms with van der Waals surface area (Å²) in [5.41, 5.74) is 7.21. The molecule has 2 aliphatic heterocycles. The maximum Gasteiger partial charge on any atom is 0.286 e. The first-order valence-electron chi connectivity index (χ1n) is 15.5. The van der Waals surface area contributed by atoms with Crippen LogP contribution in [0.3, 0.4) is 0 Å². The van der Waals surface area contributed by atoms with E-state index in [1.165, 1.54) is 22.9 Å². The number of aliphatic imine (C=N–C) groups is 1. The molecule has 2 aliphatic rings. The number of aromatic nitrogens is 2. The van der Waals surface area contributed by atoms with Crippen LogP contribution in [0.1, 0.15) is 22.3 Å². The van der Waals surface area contributed by atoms with Crippen LogP contribution in [0.15, 0.2) is 125 Å². The third-order valence-electron chi connectivity index (χ3n) is 8.20. The van der Waals surface area contributed by atoms with E-state index in [-0.39, 0.29) is 5.91 Å². The van der Waals surface area contributed by atoms with Crippen molar-refractivity contribution in [1.82, 2.24) is 19.6 Å². The minimum atomic E-state index is -0.204. The van der Waals surface area contributed by atoms with Crippen LogP contribution in [0.5, 0.6) is 5.75 Å². The fourth-order valence-corrected chi connectivity index (χ4v) is 6.56. The Kier molecular flexibility index (Phi) is 8.80. The van der Waals surface area contributed by atoms with Crippen LogP contribution in [0.4, 0.5) is 0 Å². The molecule has 0 unspecified atom stereocenters. The number of thioether (sulfide) groups is 1. The van der Waals surface area contributed by atoms with Crippen LogP contribution in [0, 0.1) is 6.92 Å². The topological polar surface area (TPSA) is 63.0 Å². The molecule has 3 heterocycles. The van der Waals surface area contributed by atoms with Gasteiger partial charge in [0.1, 0.15) is 12.4 Å².